The van der Waals surface area contributed by atoms with Crippen LogP contribution in [0.1, 0.15) is 42.6 Å². The number of nitrogens with one attached hydrogen (secondary N) is 1. The maximum atomic E-state index is 12.7. The summed E-state index contributed by atoms with van der Waals surface area (Å²) in [6.45, 7) is 5.41. The second kappa shape index (κ2) is 8.89. The van der Waals surface area contributed by atoms with E-state index in [9.17, 15) is 9.59 Å². The molecule has 1 fully saturated rings. The summed E-state index contributed by atoms with van der Waals surface area (Å²) in [5.41, 5.74) is 7.52. The number of amides is 2. The summed E-state index contributed by atoms with van der Waals surface area (Å²) in [5, 5.41) is 2.75. The molecule has 2 unspecified atom stereocenters. The van der Waals surface area contributed by atoms with Crippen molar-refractivity contribution in [3.8, 4) is 0 Å². The van der Waals surface area contributed by atoms with Crippen molar-refractivity contribution in [2.45, 2.75) is 39.3 Å². The number of hydrogen-bond acceptors (Lipinski definition) is 3. The summed E-state index contributed by atoms with van der Waals surface area (Å²) in [6, 6.07) is 7.54. The third kappa shape index (κ3) is 4.94. The Kier molecular flexibility index (Phi) is 7.52. The van der Waals surface area contributed by atoms with Gasteiger partial charge in [-0.05, 0) is 36.5 Å². The molecule has 0 spiro atoms. The van der Waals surface area contributed by atoms with Gasteiger partial charge in [-0.15, -0.1) is 12.4 Å². The summed E-state index contributed by atoms with van der Waals surface area (Å²) < 4.78 is 0. The monoisotopic (exact) mass is 339 g/mol. The molecule has 1 aliphatic heterocycles. The van der Waals surface area contributed by atoms with Crippen LogP contribution in [0, 0.1) is 5.92 Å². The van der Waals surface area contributed by atoms with E-state index in [2.05, 4.69) is 12.2 Å². The molecule has 23 heavy (non-hydrogen) atoms. The zero-order chi connectivity index (χ0) is 16.1. The first-order chi connectivity index (χ1) is 10.5. The van der Waals surface area contributed by atoms with Crippen LogP contribution < -0.4 is 11.1 Å². The van der Waals surface area contributed by atoms with Gasteiger partial charge in [0, 0.05) is 38.2 Å². The van der Waals surface area contributed by atoms with Crippen molar-refractivity contribution in [3.63, 3.8) is 0 Å². The van der Waals surface area contributed by atoms with E-state index in [1.54, 1.807) is 0 Å². The number of piperidine rings is 1. The maximum absolute atomic E-state index is 12.7. The van der Waals surface area contributed by atoms with Crippen LogP contribution in [-0.4, -0.2) is 35.8 Å². The summed E-state index contributed by atoms with van der Waals surface area (Å²) >= 11 is 0. The van der Waals surface area contributed by atoms with Crippen LogP contribution in [0.2, 0.25) is 0 Å². The molecule has 0 saturated carbocycles. The molecule has 1 aliphatic rings. The van der Waals surface area contributed by atoms with Crippen molar-refractivity contribution >= 4 is 24.2 Å². The number of rotatable bonds is 4. The van der Waals surface area contributed by atoms with E-state index >= 15 is 0 Å². The molecule has 1 saturated heterocycles. The number of halogens is 1. The van der Waals surface area contributed by atoms with E-state index in [1.807, 2.05) is 29.2 Å². The highest BCUT2D eigenvalue weighted by molar-refractivity contribution is 5.94. The molecule has 2 rings (SSSR count). The fraction of sp³-hybridized carbons (Fsp3) is 0.529. The van der Waals surface area contributed by atoms with Gasteiger partial charge in [-0.25, -0.2) is 0 Å². The predicted molar refractivity (Wildman–Crippen MR) is 93.5 cm³/mol. The van der Waals surface area contributed by atoms with Gasteiger partial charge >= 0.3 is 0 Å². The second-order valence-corrected chi connectivity index (χ2v) is 6.03. The molecule has 0 bridgehead atoms. The minimum Gasteiger partial charge on any atom is -0.352 e. The van der Waals surface area contributed by atoms with Gasteiger partial charge in [-0.1, -0.05) is 19.1 Å². The van der Waals surface area contributed by atoms with E-state index in [-0.39, 0.29) is 30.3 Å². The van der Waals surface area contributed by atoms with E-state index in [0.29, 0.717) is 24.6 Å². The van der Waals surface area contributed by atoms with E-state index in [4.69, 9.17) is 5.73 Å². The van der Waals surface area contributed by atoms with Gasteiger partial charge in [0.1, 0.15) is 0 Å². The Labute approximate surface area is 144 Å². The molecule has 1 aromatic rings. The van der Waals surface area contributed by atoms with Crippen molar-refractivity contribution in [2.75, 3.05) is 13.1 Å². The largest absolute Gasteiger partial charge is 0.352 e. The summed E-state index contributed by atoms with van der Waals surface area (Å²) in [4.78, 5) is 25.5. The molecule has 0 aromatic heterocycles. The van der Waals surface area contributed by atoms with Gasteiger partial charge in [-0.2, -0.15) is 0 Å². The second-order valence-electron chi connectivity index (χ2n) is 6.03. The number of hydrogen-bond donors (Lipinski definition) is 2. The van der Waals surface area contributed by atoms with Crippen molar-refractivity contribution in [1.29, 1.82) is 0 Å². The lowest BCUT2D eigenvalue weighted by molar-refractivity contribution is -0.119. The van der Waals surface area contributed by atoms with Crippen molar-refractivity contribution in [2.24, 2.45) is 11.7 Å². The maximum Gasteiger partial charge on any atom is 0.254 e. The fourth-order valence-electron chi connectivity index (χ4n) is 3.02. The van der Waals surface area contributed by atoms with Gasteiger partial charge in [0.25, 0.3) is 5.91 Å². The van der Waals surface area contributed by atoms with Gasteiger partial charge in [0.2, 0.25) is 5.91 Å². The van der Waals surface area contributed by atoms with Crippen LogP contribution in [0.3, 0.4) is 0 Å². The van der Waals surface area contributed by atoms with Gasteiger partial charge in [0.05, 0.1) is 0 Å². The smallest absolute Gasteiger partial charge is 0.254 e. The lowest BCUT2D eigenvalue weighted by atomic mass is 9.90. The Morgan fingerprint density at radius 3 is 2.52 bits per heavy atom. The molecule has 6 heteroatoms. The molecule has 5 nitrogen and oxygen atoms in total. The quantitative estimate of drug-likeness (QED) is 0.880. The van der Waals surface area contributed by atoms with E-state index < -0.39 is 0 Å². The van der Waals surface area contributed by atoms with Crippen LogP contribution in [-0.2, 0) is 11.3 Å². The van der Waals surface area contributed by atoms with Crippen molar-refractivity contribution in [3.05, 3.63) is 35.4 Å². The average Bonchev–Trinajstić information content (AvgIpc) is 2.52. The minimum absolute atomic E-state index is 0. The number of likely N-dealkylation sites (tertiary alicyclic amines) is 1. The number of benzene rings is 1. The lowest BCUT2D eigenvalue weighted by Crippen LogP contribution is -2.51. The Morgan fingerprint density at radius 1 is 1.30 bits per heavy atom. The predicted octanol–water partition coefficient (Wildman–Crippen LogP) is 1.94. The highest BCUT2D eigenvalue weighted by Crippen LogP contribution is 2.24. The molecule has 0 radical (unpaired) electrons. The summed E-state index contributed by atoms with van der Waals surface area (Å²) in [7, 11) is 0. The molecular weight excluding hydrogens is 314 g/mol. The summed E-state index contributed by atoms with van der Waals surface area (Å²) in [6.07, 6.45) is 2.16. The fourth-order valence-corrected chi connectivity index (χ4v) is 3.02. The minimum atomic E-state index is -0.0618. The highest BCUT2D eigenvalue weighted by Gasteiger charge is 2.31. The molecule has 128 valence electrons. The van der Waals surface area contributed by atoms with Crippen molar-refractivity contribution < 1.29 is 9.59 Å². The van der Waals surface area contributed by atoms with E-state index in [0.717, 1.165) is 24.9 Å². The highest BCUT2D eigenvalue weighted by atomic mass is 35.5. The first-order valence-electron chi connectivity index (χ1n) is 7.87. The van der Waals surface area contributed by atoms with Crippen LogP contribution >= 0.6 is 12.4 Å². The SMILES string of the molecule is CC(=O)NCc1ccc(C(=O)N2CCCC(C)C2CN)cc1.Cl. The molecule has 2 amide bonds. The molecule has 1 aromatic carbocycles. The third-order valence-corrected chi connectivity index (χ3v) is 4.36. The Hall–Kier alpha value is -1.59. The van der Waals surface area contributed by atoms with Crippen molar-refractivity contribution in [1.82, 2.24) is 10.2 Å². The van der Waals surface area contributed by atoms with Crippen LogP contribution in [0.4, 0.5) is 0 Å². The average molecular weight is 340 g/mol. The van der Waals surface area contributed by atoms with Crippen LogP contribution in [0.5, 0.6) is 0 Å². The molecule has 2 atom stereocenters. The molecular formula is C17H26ClN3O2. The number of nitrogens with zero attached hydrogens (tertiary/aromatic N) is 1. The topological polar surface area (TPSA) is 75.4 Å². The first kappa shape index (κ1) is 19.5. The van der Waals surface area contributed by atoms with Gasteiger partial charge in [-0.3, -0.25) is 9.59 Å². The Morgan fingerprint density at radius 2 is 1.96 bits per heavy atom. The number of carbonyl (C=O) groups is 2. The molecule has 1 heterocycles. The van der Waals surface area contributed by atoms with Gasteiger partial charge < -0.3 is 16.0 Å². The van der Waals surface area contributed by atoms with Crippen LogP contribution in [0.15, 0.2) is 24.3 Å². The van der Waals surface area contributed by atoms with Crippen LogP contribution in [0.25, 0.3) is 0 Å². The Balaban J connectivity index is 0.00000264. The lowest BCUT2D eigenvalue weighted by Gasteiger charge is -2.39. The molecule has 3 N–H and O–H groups in total. The number of nitrogens with two attached hydrogens (primary N) is 1. The molecule has 0 aliphatic carbocycles. The van der Waals surface area contributed by atoms with Gasteiger partial charge in [0.15, 0.2) is 0 Å². The standard InChI is InChI=1S/C17H25N3O2.ClH/c1-12-4-3-9-20(16(12)10-18)17(22)15-7-5-14(6-8-15)11-19-13(2)21;/h5-8,12,16H,3-4,9-11,18H2,1-2H3,(H,19,21);1H. The normalized spacial score (nSPS) is 20.6. The summed E-state index contributed by atoms with van der Waals surface area (Å²) in [5.74, 6) is 0.433. The van der Waals surface area contributed by atoms with E-state index in [1.165, 1.54) is 6.92 Å². The number of carbonyl (C=O) groups excluding carboxylic acids is 2. The first-order valence-corrected chi connectivity index (χ1v) is 7.87. The Bertz CT molecular complexity index is 533. The zero-order valence-electron chi connectivity index (χ0n) is 13.7. The third-order valence-electron chi connectivity index (χ3n) is 4.36. The zero-order valence-corrected chi connectivity index (χ0v) is 14.6.